The van der Waals surface area contributed by atoms with Gasteiger partial charge in [-0.2, -0.15) is 0 Å². The van der Waals surface area contributed by atoms with Gasteiger partial charge in [0.05, 0.1) is 10.6 Å². The zero-order valence-electron chi connectivity index (χ0n) is 9.16. The monoisotopic (exact) mass is 220 g/mol. The second-order valence-electron chi connectivity index (χ2n) is 4.45. The minimum atomic E-state index is 0.0853. The van der Waals surface area contributed by atoms with Gasteiger partial charge in [-0.05, 0) is 32.4 Å². The third-order valence-electron chi connectivity index (χ3n) is 2.51. The second kappa shape index (κ2) is 3.89. The molecule has 2 N–H and O–H groups in total. The third-order valence-corrected chi connectivity index (χ3v) is 3.52. The number of nitrogens with zero attached hydrogens (tertiary/aromatic N) is 1. The van der Waals surface area contributed by atoms with E-state index in [2.05, 4.69) is 13.8 Å². The lowest BCUT2D eigenvalue weighted by Gasteiger charge is -2.26. The molecule has 0 fully saturated rings. The highest BCUT2D eigenvalue weighted by Crippen LogP contribution is 2.29. The van der Waals surface area contributed by atoms with Crippen LogP contribution in [0.15, 0.2) is 29.3 Å². The molecule has 2 rings (SSSR count). The van der Waals surface area contributed by atoms with Crippen LogP contribution in [0, 0.1) is 0 Å². The molecule has 0 aliphatic carbocycles. The van der Waals surface area contributed by atoms with Gasteiger partial charge < -0.3 is 5.73 Å². The van der Waals surface area contributed by atoms with Crippen molar-refractivity contribution in [3.8, 4) is 0 Å². The van der Waals surface area contributed by atoms with E-state index in [1.54, 1.807) is 0 Å². The number of hydrogen-bond acceptors (Lipinski definition) is 3. The molecule has 0 spiro atoms. The predicted molar refractivity (Wildman–Crippen MR) is 68.5 cm³/mol. The molecule has 1 aromatic rings. The van der Waals surface area contributed by atoms with Crippen molar-refractivity contribution in [2.45, 2.75) is 25.8 Å². The Labute approximate surface area is 95.0 Å². The maximum Gasteiger partial charge on any atom is 0.0983 e. The van der Waals surface area contributed by atoms with Crippen LogP contribution in [-0.2, 0) is 0 Å². The number of nitrogen functional groups attached to an aromatic ring is 1. The molecule has 0 amide bonds. The lowest BCUT2D eigenvalue weighted by Crippen LogP contribution is -2.24. The van der Waals surface area contributed by atoms with Gasteiger partial charge in [0.15, 0.2) is 0 Å². The van der Waals surface area contributed by atoms with E-state index in [0.717, 1.165) is 22.9 Å². The van der Waals surface area contributed by atoms with Gasteiger partial charge in [0.1, 0.15) is 0 Å². The third kappa shape index (κ3) is 2.53. The van der Waals surface area contributed by atoms with Crippen LogP contribution in [0.2, 0.25) is 0 Å². The standard InChI is InChI=1S/C12H16N2S/c1-12(2)7-8-15-11(14-12)9-3-5-10(13)6-4-9/h3-6H,7-8,13H2,1-2H3. The van der Waals surface area contributed by atoms with Crippen molar-refractivity contribution in [3.05, 3.63) is 29.8 Å². The summed E-state index contributed by atoms with van der Waals surface area (Å²) in [5.41, 5.74) is 7.74. The fourth-order valence-electron chi connectivity index (χ4n) is 1.53. The smallest absolute Gasteiger partial charge is 0.0983 e. The van der Waals surface area contributed by atoms with Gasteiger partial charge >= 0.3 is 0 Å². The minimum absolute atomic E-state index is 0.0853. The van der Waals surface area contributed by atoms with E-state index in [0.29, 0.717) is 0 Å². The summed E-state index contributed by atoms with van der Waals surface area (Å²) in [5, 5.41) is 1.14. The van der Waals surface area contributed by atoms with E-state index in [9.17, 15) is 0 Å². The van der Waals surface area contributed by atoms with Crippen LogP contribution in [0.5, 0.6) is 0 Å². The van der Waals surface area contributed by atoms with E-state index in [-0.39, 0.29) is 5.54 Å². The molecule has 0 radical (unpaired) electrons. The Morgan fingerprint density at radius 2 is 1.93 bits per heavy atom. The fraction of sp³-hybridized carbons (Fsp3) is 0.417. The number of nitrogens with two attached hydrogens (primary N) is 1. The zero-order chi connectivity index (χ0) is 10.9. The Bertz CT molecular complexity index is 379. The van der Waals surface area contributed by atoms with Crippen molar-refractivity contribution in [2.75, 3.05) is 11.5 Å². The summed E-state index contributed by atoms with van der Waals surface area (Å²) in [6.07, 6.45) is 1.15. The van der Waals surface area contributed by atoms with Crippen LogP contribution in [0.4, 0.5) is 5.69 Å². The molecule has 2 nitrogen and oxygen atoms in total. The van der Waals surface area contributed by atoms with E-state index in [1.807, 2.05) is 36.0 Å². The summed E-state index contributed by atoms with van der Waals surface area (Å²) in [7, 11) is 0. The number of thioether (sulfide) groups is 1. The lowest BCUT2D eigenvalue weighted by molar-refractivity contribution is 0.508. The molecule has 3 heteroatoms. The summed E-state index contributed by atoms with van der Waals surface area (Å²) in [5.74, 6) is 1.15. The summed E-state index contributed by atoms with van der Waals surface area (Å²) in [6.45, 7) is 4.37. The average Bonchev–Trinajstić information content (AvgIpc) is 2.17. The highest BCUT2D eigenvalue weighted by molar-refractivity contribution is 8.14. The van der Waals surface area contributed by atoms with Crippen LogP contribution in [0.1, 0.15) is 25.8 Å². The minimum Gasteiger partial charge on any atom is -0.399 e. The Balaban J connectivity index is 2.31. The molecule has 0 saturated heterocycles. The van der Waals surface area contributed by atoms with Crippen molar-refractivity contribution in [1.82, 2.24) is 0 Å². The Hall–Kier alpha value is -0.960. The molecule has 1 aliphatic rings. The van der Waals surface area contributed by atoms with Gasteiger partial charge in [-0.1, -0.05) is 12.1 Å². The first kappa shape index (κ1) is 10.6. The first-order valence-electron chi connectivity index (χ1n) is 5.15. The van der Waals surface area contributed by atoms with Crippen LogP contribution >= 0.6 is 11.8 Å². The van der Waals surface area contributed by atoms with Crippen LogP contribution in [0.3, 0.4) is 0 Å². The van der Waals surface area contributed by atoms with Gasteiger partial charge in [-0.25, -0.2) is 0 Å². The van der Waals surface area contributed by atoms with E-state index < -0.39 is 0 Å². The molecule has 0 bridgehead atoms. The largest absolute Gasteiger partial charge is 0.399 e. The second-order valence-corrected chi connectivity index (χ2v) is 5.53. The topological polar surface area (TPSA) is 38.4 Å². The first-order valence-corrected chi connectivity index (χ1v) is 6.14. The van der Waals surface area contributed by atoms with E-state index in [1.165, 1.54) is 5.56 Å². The van der Waals surface area contributed by atoms with Gasteiger partial charge in [-0.3, -0.25) is 4.99 Å². The maximum absolute atomic E-state index is 5.66. The summed E-state index contributed by atoms with van der Waals surface area (Å²) in [4.78, 5) is 4.75. The quantitative estimate of drug-likeness (QED) is 0.739. The molecule has 1 aromatic carbocycles. The van der Waals surface area contributed by atoms with Gasteiger partial charge in [-0.15, -0.1) is 11.8 Å². The number of rotatable bonds is 1. The van der Waals surface area contributed by atoms with Crippen molar-refractivity contribution >= 4 is 22.5 Å². The number of benzene rings is 1. The number of anilines is 1. The van der Waals surface area contributed by atoms with Crippen LogP contribution < -0.4 is 5.73 Å². The van der Waals surface area contributed by atoms with Gasteiger partial charge in [0, 0.05) is 17.0 Å². The van der Waals surface area contributed by atoms with Gasteiger partial charge in [0.2, 0.25) is 0 Å². The molecule has 1 heterocycles. The number of hydrogen-bond donors (Lipinski definition) is 1. The highest BCUT2D eigenvalue weighted by Gasteiger charge is 2.22. The van der Waals surface area contributed by atoms with Crippen LogP contribution in [0.25, 0.3) is 0 Å². The molecule has 0 atom stereocenters. The molecular formula is C12H16N2S. The van der Waals surface area contributed by atoms with Crippen LogP contribution in [-0.4, -0.2) is 16.3 Å². The molecule has 0 saturated carbocycles. The molecular weight excluding hydrogens is 204 g/mol. The molecule has 0 aromatic heterocycles. The van der Waals surface area contributed by atoms with Crippen molar-refractivity contribution in [1.29, 1.82) is 0 Å². The lowest BCUT2D eigenvalue weighted by atomic mass is 10.0. The van der Waals surface area contributed by atoms with E-state index >= 15 is 0 Å². The zero-order valence-corrected chi connectivity index (χ0v) is 9.97. The summed E-state index contributed by atoms with van der Waals surface area (Å²) in [6, 6.07) is 7.95. The van der Waals surface area contributed by atoms with E-state index in [4.69, 9.17) is 10.7 Å². The SMILES string of the molecule is CC1(C)CCSC(c2ccc(N)cc2)=N1. The Morgan fingerprint density at radius 3 is 2.53 bits per heavy atom. The molecule has 80 valence electrons. The number of aliphatic imine (C=N–C) groups is 1. The Kier molecular flexibility index (Phi) is 2.74. The average molecular weight is 220 g/mol. The van der Waals surface area contributed by atoms with Crippen molar-refractivity contribution in [3.63, 3.8) is 0 Å². The molecule has 15 heavy (non-hydrogen) atoms. The fourth-order valence-corrected chi connectivity index (χ4v) is 2.94. The normalized spacial score (nSPS) is 19.7. The Morgan fingerprint density at radius 1 is 1.27 bits per heavy atom. The van der Waals surface area contributed by atoms with Crippen molar-refractivity contribution < 1.29 is 0 Å². The summed E-state index contributed by atoms with van der Waals surface area (Å²) < 4.78 is 0. The summed E-state index contributed by atoms with van der Waals surface area (Å²) >= 11 is 1.83. The highest BCUT2D eigenvalue weighted by atomic mass is 32.2. The molecule has 0 unspecified atom stereocenters. The maximum atomic E-state index is 5.66. The predicted octanol–water partition coefficient (Wildman–Crippen LogP) is 2.93. The van der Waals surface area contributed by atoms with Crippen molar-refractivity contribution in [2.24, 2.45) is 4.99 Å². The first-order chi connectivity index (χ1) is 7.07. The molecule has 1 aliphatic heterocycles. The van der Waals surface area contributed by atoms with Gasteiger partial charge in [0.25, 0.3) is 0 Å².